The van der Waals surface area contributed by atoms with E-state index in [2.05, 4.69) is 23.5 Å². The van der Waals surface area contributed by atoms with Gasteiger partial charge in [0.25, 0.3) is 15.3 Å². The summed E-state index contributed by atoms with van der Waals surface area (Å²) in [4.78, 5) is 59.2. The van der Waals surface area contributed by atoms with Crippen molar-refractivity contribution >= 4 is 0 Å². The van der Waals surface area contributed by atoms with Gasteiger partial charge in [0.05, 0.1) is 24.1 Å². The molecule has 0 aromatic carbocycles. The zero-order chi connectivity index (χ0) is 33.9. The molecule has 2 heterocycles. The SMILES string of the molecule is C[C@@H]1O[C@@H](O[C@@H]2C=C3CC[C@@H]4[C@H](CC[C@]5(C)[C@@H](c6ccc(=O)oc6)CC[C@]45O)[C@@]3(C)CC2)[C@H](O[N+](=O)[O-])[C@H](O[N+](=O)[O-])[C@H]1O[N+](=O)[O-]. The number of nitrogens with zero attached hydrogens (tertiary/aromatic N) is 3. The van der Waals surface area contributed by atoms with Gasteiger partial charge in [-0.15, -0.1) is 30.3 Å². The highest BCUT2D eigenvalue weighted by molar-refractivity contribution is 5.31. The lowest BCUT2D eigenvalue weighted by Crippen LogP contribution is -2.62. The molecule has 12 atom stereocenters. The van der Waals surface area contributed by atoms with Gasteiger partial charge in [-0.2, -0.15) is 0 Å². The van der Waals surface area contributed by atoms with Gasteiger partial charge in [-0.3, -0.25) is 0 Å². The monoisotopic (exact) mass is 665 g/mol. The third kappa shape index (κ3) is 5.61. The van der Waals surface area contributed by atoms with Crippen LogP contribution in [-0.2, 0) is 24.0 Å². The van der Waals surface area contributed by atoms with E-state index in [0.717, 1.165) is 36.8 Å². The maximum absolute atomic E-state index is 12.5. The highest BCUT2D eigenvalue weighted by Crippen LogP contribution is 2.70. The van der Waals surface area contributed by atoms with E-state index in [1.165, 1.54) is 19.3 Å². The highest BCUT2D eigenvalue weighted by atomic mass is 17.0. The molecule has 0 unspecified atom stereocenters. The normalized spacial score (nSPS) is 42.6. The first kappa shape index (κ1) is 33.1. The smallest absolute Gasteiger partial charge is 0.335 e. The Balaban J connectivity index is 1.22. The van der Waals surface area contributed by atoms with E-state index in [1.807, 2.05) is 12.1 Å². The van der Waals surface area contributed by atoms with Crippen LogP contribution in [0.1, 0.15) is 83.6 Å². The van der Waals surface area contributed by atoms with Gasteiger partial charge >= 0.3 is 5.63 Å². The second-order valence-corrected chi connectivity index (χ2v) is 14.0. The van der Waals surface area contributed by atoms with E-state index in [1.54, 1.807) is 0 Å². The summed E-state index contributed by atoms with van der Waals surface area (Å²) in [5.74, 6) is 0.321. The van der Waals surface area contributed by atoms with Gasteiger partial charge in [0.1, 0.15) is 0 Å². The van der Waals surface area contributed by atoms with Crippen LogP contribution in [0.3, 0.4) is 0 Å². The molecule has 1 aromatic rings. The Morgan fingerprint density at radius 2 is 1.55 bits per heavy atom. The van der Waals surface area contributed by atoms with Gasteiger partial charge in [0.15, 0.2) is 24.6 Å². The van der Waals surface area contributed by atoms with E-state index < -0.39 is 63.3 Å². The van der Waals surface area contributed by atoms with Crippen molar-refractivity contribution in [3.63, 3.8) is 0 Å². The fraction of sp³-hybridized carbons (Fsp3) is 0.767. The molecule has 3 saturated carbocycles. The maximum Gasteiger partial charge on any atom is 0.335 e. The van der Waals surface area contributed by atoms with Crippen molar-refractivity contribution in [3.05, 3.63) is 76.4 Å². The molecule has 4 fully saturated rings. The number of hydrogen-bond acceptors (Lipinski definition) is 14. The number of rotatable bonds is 9. The van der Waals surface area contributed by atoms with E-state index in [9.17, 15) is 40.2 Å². The first-order valence-corrected chi connectivity index (χ1v) is 15.9. The first-order valence-electron chi connectivity index (χ1n) is 15.9. The molecule has 0 amide bonds. The van der Waals surface area contributed by atoms with Crippen molar-refractivity contribution in [2.24, 2.45) is 22.7 Å². The predicted octanol–water partition coefficient (Wildman–Crippen LogP) is 3.66. The van der Waals surface area contributed by atoms with Crippen molar-refractivity contribution in [1.29, 1.82) is 0 Å². The Labute approximate surface area is 268 Å². The van der Waals surface area contributed by atoms with Gasteiger partial charge in [0.2, 0.25) is 0 Å². The molecular formula is C30H39N3O14. The molecule has 6 rings (SSSR count). The van der Waals surface area contributed by atoms with Crippen molar-refractivity contribution < 1.29 is 48.8 Å². The molecule has 0 radical (unpaired) electrons. The summed E-state index contributed by atoms with van der Waals surface area (Å²) in [6.07, 6.45) is 0.483. The topological polar surface area (TPSA) is 226 Å². The molecule has 258 valence electrons. The Bertz CT molecular complexity index is 1480. The quantitative estimate of drug-likeness (QED) is 0.226. The largest absolute Gasteiger partial charge is 0.431 e. The summed E-state index contributed by atoms with van der Waals surface area (Å²) in [6.45, 7) is 5.73. The molecule has 0 bridgehead atoms. The number of aliphatic hydroxyl groups is 1. The lowest BCUT2D eigenvalue weighted by atomic mass is 9.45. The zero-order valence-corrected chi connectivity index (χ0v) is 26.3. The van der Waals surface area contributed by atoms with E-state index >= 15 is 0 Å². The van der Waals surface area contributed by atoms with Crippen LogP contribution in [0.15, 0.2) is 39.3 Å². The summed E-state index contributed by atoms with van der Waals surface area (Å²) in [5.41, 5.74) is 0.153. The fourth-order valence-electron chi connectivity index (χ4n) is 9.81. The molecule has 17 nitrogen and oxygen atoms in total. The van der Waals surface area contributed by atoms with Gasteiger partial charge in [-0.1, -0.05) is 25.5 Å². The van der Waals surface area contributed by atoms with Gasteiger partial charge in [0, 0.05) is 11.5 Å². The second kappa shape index (κ2) is 12.0. The van der Waals surface area contributed by atoms with Crippen LogP contribution in [-0.4, -0.2) is 62.8 Å². The average molecular weight is 666 g/mol. The van der Waals surface area contributed by atoms with E-state index in [-0.39, 0.29) is 28.6 Å². The van der Waals surface area contributed by atoms with Crippen molar-refractivity contribution in [1.82, 2.24) is 0 Å². The molecule has 1 N–H and O–H groups in total. The standard InChI is InChI=1S/C30H39N3O14/c1-16-24(45-31(36)37)25(46-32(38)39)26(47-33(40)41)27(43-16)44-19-8-11-28(2)18(14-19)5-6-22-21(28)9-12-29(3)20(10-13-30(22,29)35)17-4-7-23(34)42-15-17/h4,7,14-16,19-22,24-27,35H,5-6,8-13H2,1-3H3/t16-,19-,20+,21-,22+,24-,25+,26+,27-,28-,29+,30-/m0/s1. The van der Waals surface area contributed by atoms with Crippen LogP contribution in [0, 0.1) is 53.0 Å². The summed E-state index contributed by atoms with van der Waals surface area (Å²) in [6, 6.07) is 3.24. The van der Waals surface area contributed by atoms with Crippen LogP contribution in [0.5, 0.6) is 0 Å². The minimum absolute atomic E-state index is 0.0561. The molecule has 1 saturated heterocycles. The minimum atomic E-state index is -1.90. The van der Waals surface area contributed by atoms with Crippen molar-refractivity contribution in [2.75, 3.05) is 0 Å². The molecule has 47 heavy (non-hydrogen) atoms. The van der Waals surface area contributed by atoms with E-state index in [4.69, 9.17) is 18.7 Å². The molecule has 17 heteroatoms. The first-order chi connectivity index (χ1) is 22.2. The molecule has 4 aliphatic carbocycles. The van der Waals surface area contributed by atoms with Crippen LogP contribution in [0.4, 0.5) is 0 Å². The van der Waals surface area contributed by atoms with Crippen LogP contribution in [0.2, 0.25) is 0 Å². The second-order valence-electron chi connectivity index (χ2n) is 14.0. The number of hydrogen-bond donors (Lipinski definition) is 1. The Morgan fingerprint density at radius 1 is 0.872 bits per heavy atom. The molecule has 5 aliphatic rings. The summed E-state index contributed by atoms with van der Waals surface area (Å²) < 4.78 is 17.1. The van der Waals surface area contributed by atoms with Gasteiger partial charge in [-0.25, -0.2) is 4.79 Å². The van der Waals surface area contributed by atoms with Crippen LogP contribution in [0.25, 0.3) is 0 Å². The predicted molar refractivity (Wildman–Crippen MR) is 156 cm³/mol. The summed E-state index contributed by atoms with van der Waals surface area (Å²) >= 11 is 0. The van der Waals surface area contributed by atoms with Gasteiger partial charge < -0.3 is 33.5 Å². The highest BCUT2D eigenvalue weighted by Gasteiger charge is 2.67. The molecule has 0 spiro atoms. The Kier molecular flexibility index (Phi) is 8.45. The molecule has 1 aliphatic heterocycles. The average Bonchev–Trinajstić information content (AvgIpc) is 3.28. The lowest BCUT2D eigenvalue weighted by molar-refractivity contribution is -0.824. The van der Waals surface area contributed by atoms with Crippen LogP contribution < -0.4 is 5.63 Å². The minimum Gasteiger partial charge on any atom is -0.431 e. The number of ether oxygens (including phenoxy) is 2. The number of allylic oxidation sites excluding steroid dienone is 1. The number of fused-ring (bicyclic) bond motifs is 5. The fourth-order valence-corrected chi connectivity index (χ4v) is 9.81. The zero-order valence-electron chi connectivity index (χ0n) is 26.3. The van der Waals surface area contributed by atoms with Crippen LogP contribution >= 0.6 is 0 Å². The third-order valence-electron chi connectivity index (χ3n) is 12.0. The Hall–Kier alpha value is -3.83. The summed E-state index contributed by atoms with van der Waals surface area (Å²) in [7, 11) is 0. The third-order valence-corrected chi connectivity index (χ3v) is 12.0. The van der Waals surface area contributed by atoms with Gasteiger partial charge in [-0.05, 0) is 93.1 Å². The van der Waals surface area contributed by atoms with E-state index in [0.29, 0.717) is 25.7 Å². The summed E-state index contributed by atoms with van der Waals surface area (Å²) in [5, 5.41) is 42.6. The van der Waals surface area contributed by atoms with Crippen molar-refractivity contribution in [2.45, 2.75) is 120 Å². The molecular weight excluding hydrogens is 626 g/mol. The van der Waals surface area contributed by atoms with Crippen molar-refractivity contribution in [3.8, 4) is 0 Å². The maximum atomic E-state index is 12.5. The lowest BCUT2D eigenvalue weighted by Gasteiger charge is -2.62. The Morgan fingerprint density at radius 3 is 2.21 bits per heavy atom. The molecule has 1 aromatic heterocycles.